The average Bonchev–Trinajstić information content (AvgIpc) is 2.94. The van der Waals surface area contributed by atoms with E-state index in [2.05, 4.69) is 22.1 Å². The monoisotopic (exact) mass is 294 g/mol. The van der Waals surface area contributed by atoms with Crippen LogP contribution < -0.4 is 5.32 Å². The van der Waals surface area contributed by atoms with Crippen molar-refractivity contribution in [3.63, 3.8) is 0 Å². The van der Waals surface area contributed by atoms with Gasteiger partial charge in [-0.3, -0.25) is 4.79 Å². The number of fused-ring (bicyclic) bond motifs is 1. The minimum atomic E-state index is -0.312. The van der Waals surface area contributed by atoms with Crippen molar-refractivity contribution in [3.8, 4) is 11.4 Å². The van der Waals surface area contributed by atoms with E-state index in [9.17, 15) is 9.90 Å². The minimum Gasteiger partial charge on any atom is -0.506 e. The van der Waals surface area contributed by atoms with Gasteiger partial charge in [-0.15, -0.1) is 15.0 Å². The third kappa shape index (κ3) is 2.31. The van der Waals surface area contributed by atoms with E-state index in [1.807, 2.05) is 19.1 Å². The summed E-state index contributed by atoms with van der Waals surface area (Å²) in [5.74, 6) is -0.232. The molecule has 3 rings (SSSR count). The molecule has 0 aliphatic rings. The van der Waals surface area contributed by atoms with E-state index >= 15 is 0 Å². The maximum absolute atomic E-state index is 11.6. The molecule has 1 aromatic heterocycles. The zero-order chi connectivity index (χ0) is 15.7. The third-order valence-corrected chi connectivity index (χ3v) is 3.29. The van der Waals surface area contributed by atoms with Crippen molar-refractivity contribution >= 4 is 22.6 Å². The molecule has 0 bridgehead atoms. The number of anilines is 1. The Bertz CT molecular complexity index is 883. The van der Waals surface area contributed by atoms with Gasteiger partial charge in [0.05, 0.1) is 5.69 Å². The van der Waals surface area contributed by atoms with Crippen LogP contribution in [-0.4, -0.2) is 26.0 Å². The molecule has 3 aromatic rings. The van der Waals surface area contributed by atoms with Crippen molar-refractivity contribution in [2.45, 2.75) is 6.92 Å². The number of para-hydroxylation sites is 2. The smallest absolute Gasteiger partial charge is 0.247 e. The number of carbonyl (C=O) groups is 1. The van der Waals surface area contributed by atoms with Gasteiger partial charge in [-0.25, -0.2) is 0 Å². The maximum Gasteiger partial charge on any atom is 0.247 e. The minimum absolute atomic E-state index is 0.0798. The molecule has 0 fully saturated rings. The fourth-order valence-electron chi connectivity index (χ4n) is 2.16. The lowest BCUT2D eigenvalue weighted by atomic mass is 10.1. The lowest BCUT2D eigenvalue weighted by Crippen LogP contribution is -2.09. The number of aromatic nitrogens is 3. The molecule has 2 N–H and O–H groups in total. The van der Waals surface area contributed by atoms with E-state index in [0.717, 1.165) is 5.56 Å². The number of nitrogens with zero attached hydrogens (tertiary/aromatic N) is 3. The highest BCUT2D eigenvalue weighted by molar-refractivity contribution is 6.05. The number of benzene rings is 2. The van der Waals surface area contributed by atoms with E-state index in [-0.39, 0.29) is 11.7 Å². The summed E-state index contributed by atoms with van der Waals surface area (Å²) in [5, 5.41) is 21.4. The summed E-state index contributed by atoms with van der Waals surface area (Å²) in [4.78, 5) is 12.9. The van der Waals surface area contributed by atoms with Crippen LogP contribution in [0.2, 0.25) is 0 Å². The van der Waals surface area contributed by atoms with Gasteiger partial charge in [0, 0.05) is 0 Å². The van der Waals surface area contributed by atoms with Crippen molar-refractivity contribution < 1.29 is 9.90 Å². The SMILES string of the molecule is C=CC(=O)Nc1c(C)ccc2nn(-c3ccccc3O)nc12. The summed E-state index contributed by atoms with van der Waals surface area (Å²) >= 11 is 0. The summed E-state index contributed by atoms with van der Waals surface area (Å²) in [6, 6.07) is 10.5. The van der Waals surface area contributed by atoms with Gasteiger partial charge in [-0.05, 0) is 36.8 Å². The maximum atomic E-state index is 11.6. The Labute approximate surface area is 126 Å². The fraction of sp³-hybridized carbons (Fsp3) is 0.0625. The Morgan fingerprint density at radius 2 is 2.05 bits per heavy atom. The molecule has 1 heterocycles. The van der Waals surface area contributed by atoms with Gasteiger partial charge in [-0.1, -0.05) is 24.8 Å². The molecule has 22 heavy (non-hydrogen) atoms. The van der Waals surface area contributed by atoms with Crippen molar-refractivity contribution in [2.75, 3.05) is 5.32 Å². The van der Waals surface area contributed by atoms with Gasteiger partial charge in [0.15, 0.2) is 0 Å². The Morgan fingerprint density at radius 3 is 2.77 bits per heavy atom. The molecule has 0 saturated heterocycles. The number of aromatic hydroxyl groups is 1. The predicted molar refractivity (Wildman–Crippen MR) is 84.1 cm³/mol. The van der Waals surface area contributed by atoms with Crippen molar-refractivity contribution in [1.82, 2.24) is 15.0 Å². The van der Waals surface area contributed by atoms with Gasteiger partial charge in [0.2, 0.25) is 5.91 Å². The first kappa shape index (κ1) is 13.8. The van der Waals surface area contributed by atoms with Crippen LogP contribution in [-0.2, 0) is 4.79 Å². The zero-order valence-electron chi connectivity index (χ0n) is 11.9. The highest BCUT2D eigenvalue weighted by atomic mass is 16.3. The summed E-state index contributed by atoms with van der Waals surface area (Å²) in [5.41, 5.74) is 3.10. The van der Waals surface area contributed by atoms with E-state index in [4.69, 9.17) is 0 Å². The van der Waals surface area contributed by atoms with Crippen LogP contribution in [0.3, 0.4) is 0 Å². The second kappa shape index (κ2) is 5.33. The lowest BCUT2D eigenvalue weighted by molar-refractivity contribution is -0.111. The largest absolute Gasteiger partial charge is 0.506 e. The predicted octanol–water partition coefficient (Wildman–Crippen LogP) is 2.56. The molecule has 0 aliphatic heterocycles. The van der Waals surface area contributed by atoms with Crippen molar-refractivity contribution in [1.29, 1.82) is 0 Å². The molecule has 0 unspecified atom stereocenters. The second-order valence-electron chi connectivity index (χ2n) is 4.80. The Morgan fingerprint density at radius 1 is 1.27 bits per heavy atom. The number of nitrogens with one attached hydrogen (secondary N) is 1. The molecule has 6 heteroatoms. The molecule has 2 aromatic carbocycles. The number of hydrogen-bond donors (Lipinski definition) is 2. The van der Waals surface area contributed by atoms with Crippen LogP contribution in [0.4, 0.5) is 5.69 Å². The van der Waals surface area contributed by atoms with Gasteiger partial charge >= 0.3 is 0 Å². The number of hydrogen-bond acceptors (Lipinski definition) is 4. The molecular weight excluding hydrogens is 280 g/mol. The van der Waals surface area contributed by atoms with Crippen LogP contribution in [0, 0.1) is 6.92 Å². The van der Waals surface area contributed by atoms with Crippen LogP contribution in [0.25, 0.3) is 16.7 Å². The summed E-state index contributed by atoms with van der Waals surface area (Å²) in [6.07, 6.45) is 1.20. The van der Waals surface area contributed by atoms with Crippen molar-refractivity contribution in [3.05, 3.63) is 54.6 Å². The molecule has 0 atom stereocenters. The second-order valence-corrected chi connectivity index (χ2v) is 4.80. The average molecular weight is 294 g/mol. The number of aryl methyl sites for hydroxylation is 1. The first-order valence-electron chi connectivity index (χ1n) is 6.68. The normalized spacial score (nSPS) is 10.6. The molecular formula is C16H14N4O2. The first-order chi connectivity index (χ1) is 10.6. The van der Waals surface area contributed by atoms with Crippen LogP contribution >= 0.6 is 0 Å². The highest BCUT2D eigenvalue weighted by Crippen LogP contribution is 2.27. The Hall–Kier alpha value is -3.15. The number of amides is 1. The van der Waals surface area contributed by atoms with Gasteiger partial charge < -0.3 is 10.4 Å². The summed E-state index contributed by atoms with van der Waals surface area (Å²) in [7, 11) is 0. The van der Waals surface area contributed by atoms with E-state index in [1.165, 1.54) is 10.9 Å². The van der Waals surface area contributed by atoms with Gasteiger partial charge in [0.1, 0.15) is 22.5 Å². The van der Waals surface area contributed by atoms with E-state index < -0.39 is 0 Å². The van der Waals surface area contributed by atoms with Gasteiger partial charge in [-0.2, -0.15) is 0 Å². The van der Waals surface area contributed by atoms with E-state index in [0.29, 0.717) is 22.4 Å². The molecule has 6 nitrogen and oxygen atoms in total. The molecule has 0 radical (unpaired) electrons. The summed E-state index contributed by atoms with van der Waals surface area (Å²) in [6.45, 7) is 5.32. The van der Waals surface area contributed by atoms with Crippen LogP contribution in [0.5, 0.6) is 5.75 Å². The number of rotatable bonds is 3. The topological polar surface area (TPSA) is 80.0 Å². The van der Waals surface area contributed by atoms with Crippen LogP contribution in [0.15, 0.2) is 49.1 Å². The van der Waals surface area contributed by atoms with Crippen LogP contribution in [0.1, 0.15) is 5.56 Å². The molecule has 0 spiro atoms. The molecule has 1 amide bonds. The lowest BCUT2D eigenvalue weighted by Gasteiger charge is -2.06. The molecule has 0 saturated carbocycles. The quantitative estimate of drug-likeness (QED) is 0.727. The standard InChI is InChI=1S/C16H14N4O2/c1-3-14(22)17-15-10(2)8-9-11-16(15)19-20(18-11)12-6-4-5-7-13(12)21/h3-9,21H,1H2,2H3,(H,17,22). The zero-order valence-corrected chi connectivity index (χ0v) is 11.9. The van der Waals surface area contributed by atoms with E-state index in [1.54, 1.807) is 24.3 Å². The number of phenolic OH excluding ortho intramolecular Hbond substituents is 1. The third-order valence-electron chi connectivity index (χ3n) is 3.29. The summed E-state index contributed by atoms with van der Waals surface area (Å²) < 4.78 is 0. The highest BCUT2D eigenvalue weighted by Gasteiger charge is 2.14. The fourth-order valence-corrected chi connectivity index (χ4v) is 2.16. The Kier molecular flexibility index (Phi) is 3.34. The van der Waals surface area contributed by atoms with Crippen molar-refractivity contribution in [2.24, 2.45) is 0 Å². The molecule has 110 valence electrons. The number of carbonyl (C=O) groups excluding carboxylic acids is 1. The number of phenols is 1. The Balaban J connectivity index is 2.18. The first-order valence-corrected chi connectivity index (χ1v) is 6.68. The molecule has 0 aliphatic carbocycles. The van der Waals surface area contributed by atoms with Gasteiger partial charge in [0.25, 0.3) is 0 Å².